The number of piperidine rings is 2. The first-order valence-corrected chi connectivity index (χ1v) is 14.9. The molecule has 1 spiro atoms. The summed E-state index contributed by atoms with van der Waals surface area (Å²) in [5.41, 5.74) is 1.86. The Morgan fingerprint density at radius 2 is 1.63 bits per heavy atom. The van der Waals surface area contributed by atoms with Crippen molar-refractivity contribution in [3.8, 4) is 0 Å². The Hall–Kier alpha value is -2.89. The second-order valence-corrected chi connectivity index (χ2v) is 13.4. The molecule has 12 heteroatoms. The van der Waals surface area contributed by atoms with Crippen LogP contribution in [-0.4, -0.2) is 66.6 Å². The first-order valence-electron chi connectivity index (χ1n) is 13.3. The van der Waals surface area contributed by atoms with Crippen molar-refractivity contribution in [2.45, 2.75) is 74.5 Å². The number of halogens is 2. The molecule has 2 aliphatic carbocycles. The van der Waals surface area contributed by atoms with Gasteiger partial charge in [-0.3, -0.25) is 4.79 Å². The Balaban J connectivity index is 1.27. The summed E-state index contributed by atoms with van der Waals surface area (Å²) in [6.45, 7) is 3.52. The summed E-state index contributed by atoms with van der Waals surface area (Å²) in [6.07, 6.45) is 6.59. The maximum atomic E-state index is 13.6. The van der Waals surface area contributed by atoms with Gasteiger partial charge in [-0.05, 0) is 56.9 Å². The van der Waals surface area contributed by atoms with Crippen LogP contribution in [0.2, 0.25) is 0 Å². The zero-order valence-corrected chi connectivity index (χ0v) is 22.2. The molecule has 2 saturated heterocycles. The number of aromatic nitrogens is 3. The van der Waals surface area contributed by atoms with Gasteiger partial charge in [0.15, 0.2) is 14.9 Å². The molecule has 0 radical (unpaired) electrons. The Kier molecular flexibility index (Phi) is 6.08. The summed E-state index contributed by atoms with van der Waals surface area (Å²) < 4.78 is 53.1. The minimum absolute atomic E-state index is 0.0142. The highest BCUT2D eigenvalue weighted by Gasteiger charge is 2.45. The molecular weight excluding hydrogens is 514 g/mol. The topological polar surface area (TPSA) is 108 Å². The average Bonchev–Trinajstić information content (AvgIpc) is 3.80. The number of carbonyl (C=O) groups excluding carboxylic acids is 1. The van der Waals surface area contributed by atoms with Crippen LogP contribution < -0.4 is 15.1 Å². The van der Waals surface area contributed by atoms with Crippen molar-refractivity contribution >= 4 is 33.2 Å². The molecule has 9 nitrogen and oxygen atoms in total. The number of sulfone groups is 1. The van der Waals surface area contributed by atoms with Gasteiger partial charge >= 0.3 is 0 Å². The third kappa shape index (κ3) is 5.06. The van der Waals surface area contributed by atoms with Crippen LogP contribution in [-0.2, 0) is 9.84 Å². The first kappa shape index (κ1) is 25.4. The summed E-state index contributed by atoms with van der Waals surface area (Å²) in [4.78, 5) is 30.3. The van der Waals surface area contributed by atoms with Gasteiger partial charge in [0.25, 0.3) is 11.8 Å². The fourth-order valence-corrected chi connectivity index (χ4v) is 7.02. The van der Waals surface area contributed by atoms with Gasteiger partial charge in [0.05, 0.1) is 16.5 Å². The first-order chi connectivity index (χ1) is 18.0. The van der Waals surface area contributed by atoms with Crippen LogP contribution in [0.3, 0.4) is 0 Å². The minimum Gasteiger partial charge on any atom is -0.371 e. The van der Waals surface area contributed by atoms with Gasteiger partial charge < -0.3 is 15.1 Å². The summed E-state index contributed by atoms with van der Waals surface area (Å²) in [5, 5.41) is 2.44. The van der Waals surface area contributed by atoms with Gasteiger partial charge in [0.2, 0.25) is 5.95 Å². The van der Waals surface area contributed by atoms with Crippen LogP contribution in [0.15, 0.2) is 23.4 Å². The second-order valence-electron chi connectivity index (χ2n) is 11.3. The Morgan fingerprint density at radius 3 is 2.26 bits per heavy atom. The number of carbonyl (C=O) groups is 1. The lowest BCUT2D eigenvalue weighted by atomic mass is 9.93. The molecule has 4 aliphatic rings. The van der Waals surface area contributed by atoms with Crippen LogP contribution in [0.1, 0.15) is 67.4 Å². The van der Waals surface area contributed by atoms with Crippen molar-refractivity contribution in [3.63, 3.8) is 0 Å². The van der Waals surface area contributed by atoms with Crippen molar-refractivity contribution in [2.75, 3.05) is 41.3 Å². The van der Waals surface area contributed by atoms with E-state index >= 15 is 0 Å². The molecule has 1 N–H and O–H groups in total. The van der Waals surface area contributed by atoms with Crippen molar-refractivity contribution in [2.24, 2.45) is 5.41 Å². The number of anilines is 3. The van der Waals surface area contributed by atoms with Crippen molar-refractivity contribution in [1.29, 1.82) is 0 Å². The summed E-state index contributed by atoms with van der Waals surface area (Å²) in [5.74, 6) is -2.59. The van der Waals surface area contributed by atoms with Gasteiger partial charge in [0, 0.05) is 57.0 Å². The van der Waals surface area contributed by atoms with Crippen LogP contribution in [0, 0.1) is 12.3 Å². The van der Waals surface area contributed by atoms with E-state index in [2.05, 4.69) is 25.2 Å². The Bertz CT molecular complexity index is 1360. The van der Waals surface area contributed by atoms with Gasteiger partial charge in [-0.2, -0.15) is 4.98 Å². The second kappa shape index (κ2) is 9.10. The molecule has 0 bridgehead atoms. The van der Waals surface area contributed by atoms with E-state index in [1.54, 1.807) is 24.0 Å². The van der Waals surface area contributed by atoms with E-state index in [1.165, 1.54) is 19.0 Å². The number of alkyl halides is 2. The standard InChI is InChI=1S/C26H32F2N6O3S/c1-17-14-21(32-24(30-17)34-12-8-26(27,28)9-13-34)31-23(35)19-16-29-22(38(36,37)18-2-3-18)15-20(19)33-10-6-25(4-5-25)7-11-33/h14-16,18H,2-13H2,1H3,(H,30,31,32,35). The molecule has 4 fully saturated rings. The SMILES string of the molecule is Cc1cc(NC(=O)c2cnc(S(=O)(=O)C3CC3)cc2N2CCC3(CC2)CC3)nc(N2CCC(F)(F)CC2)n1. The van der Waals surface area contributed by atoms with Crippen LogP contribution >= 0.6 is 0 Å². The molecule has 6 rings (SSSR count). The molecule has 1 amide bonds. The minimum atomic E-state index is -3.52. The molecule has 0 atom stereocenters. The molecule has 2 aliphatic heterocycles. The van der Waals surface area contributed by atoms with E-state index in [9.17, 15) is 22.0 Å². The third-order valence-electron chi connectivity index (χ3n) is 8.34. The number of nitrogens with one attached hydrogen (secondary N) is 1. The van der Waals surface area contributed by atoms with Crippen LogP contribution in [0.25, 0.3) is 0 Å². The predicted molar refractivity (Wildman–Crippen MR) is 139 cm³/mol. The molecule has 0 aromatic carbocycles. The summed E-state index contributed by atoms with van der Waals surface area (Å²) in [6, 6.07) is 3.18. The van der Waals surface area contributed by atoms with Crippen molar-refractivity contribution in [3.05, 3.63) is 29.6 Å². The molecule has 2 aromatic rings. The third-order valence-corrected chi connectivity index (χ3v) is 10.5. The quantitative estimate of drug-likeness (QED) is 0.580. The van der Waals surface area contributed by atoms with Crippen molar-refractivity contribution in [1.82, 2.24) is 15.0 Å². The monoisotopic (exact) mass is 546 g/mol. The van der Waals surface area contributed by atoms with Crippen LogP contribution in [0.4, 0.5) is 26.2 Å². The van der Waals surface area contributed by atoms with E-state index in [1.807, 2.05) is 0 Å². The number of rotatable bonds is 6. The Morgan fingerprint density at radius 1 is 0.974 bits per heavy atom. The highest BCUT2D eigenvalue weighted by Crippen LogP contribution is 2.54. The number of amides is 1. The van der Waals surface area contributed by atoms with E-state index in [0.29, 0.717) is 35.6 Å². The molecule has 2 aromatic heterocycles. The number of hydrogen-bond acceptors (Lipinski definition) is 8. The molecule has 0 unspecified atom stereocenters. The van der Waals surface area contributed by atoms with E-state index in [0.717, 1.165) is 25.9 Å². The van der Waals surface area contributed by atoms with E-state index < -0.39 is 26.9 Å². The van der Waals surface area contributed by atoms with Gasteiger partial charge in [-0.1, -0.05) is 0 Å². The van der Waals surface area contributed by atoms with Crippen LogP contribution in [0.5, 0.6) is 0 Å². The Labute approximate surface area is 221 Å². The fourth-order valence-electron chi connectivity index (χ4n) is 5.44. The van der Waals surface area contributed by atoms with E-state index in [-0.39, 0.29) is 42.3 Å². The zero-order valence-electron chi connectivity index (χ0n) is 21.4. The van der Waals surface area contributed by atoms with Gasteiger partial charge in [-0.15, -0.1) is 0 Å². The highest BCUT2D eigenvalue weighted by molar-refractivity contribution is 7.92. The summed E-state index contributed by atoms with van der Waals surface area (Å²) in [7, 11) is -3.52. The number of aryl methyl sites for hydroxylation is 1. The number of hydrogen-bond donors (Lipinski definition) is 1. The lowest BCUT2D eigenvalue weighted by Gasteiger charge is -2.35. The maximum Gasteiger partial charge on any atom is 0.260 e. The molecular formula is C26H32F2N6O3S. The zero-order chi connectivity index (χ0) is 26.7. The lowest BCUT2D eigenvalue weighted by Crippen LogP contribution is -2.40. The lowest BCUT2D eigenvalue weighted by molar-refractivity contribution is -0.0222. The molecule has 4 heterocycles. The van der Waals surface area contributed by atoms with Gasteiger partial charge in [0.1, 0.15) is 5.82 Å². The maximum absolute atomic E-state index is 13.6. The smallest absolute Gasteiger partial charge is 0.260 e. The predicted octanol–water partition coefficient (Wildman–Crippen LogP) is 3.98. The number of nitrogens with zero attached hydrogens (tertiary/aromatic N) is 5. The van der Waals surface area contributed by atoms with Gasteiger partial charge in [-0.25, -0.2) is 27.2 Å². The normalized spacial score (nSPS) is 22.4. The highest BCUT2D eigenvalue weighted by atomic mass is 32.2. The molecule has 38 heavy (non-hydrogen) atoms. The largest absolute Gasteiger partial charge is 0.371 e. The fraction of sp³-hybridized carbons (Fsp3) is 0.615. The molecule has 204 valence electrons. The summed E-state index contributed by atoms with van der Waals surface area (Å²) >= 11 is 0. The van der Waals surface area contributed by atoms with Crippen molar-refractivity contribution < 1.29 is 22.0 Å². The molecule has 2 saturated carbocycles. The van der Waals surface area contributed by atoms with E-state index in [4.69, 9.17) is 0 Å². The average molecular weight is 547 g/mol. The number of pyridine rings is 1.